The van der Waals surface area contributed by atoms with Crippen LogP contribution in [0.25, 0.3) is 0 Å². The molecule has 94 valence electrons. The summed E-state index contributed by atoms with van der Waals surface area (Å²) < 4.78 is 6.28. The monoisotopic (exact) mass is 252 g/mol. The summed E-state index contributed by atoms with van der Waals surface area (Å²) in [6.45, 7) is 3.43. The summed E-state index contributed by atoms with van der Waals surface area (Å²) in [7, 11) is 0. The topological polar surface area (TPSA) is 37.9 Å². The van der Waals surface area contributed by atoms with Gasteiger partial charge in [-0.05, 0) is 32.1 Å². The number of hydrogen-bond donors (Lipinski definition) is 1. The number of H-pyrrole nitrogens is 1. The Labute approximate surface area is 108 Å². The molecule has 1 aliphatic carbocycles. The largest absolute Gasteiger partial charge is 0.374 e. The van der Waals surface area contributed by atoms with Gasteiger partial charge in [-0.25, -0.2) is 4.98 Å². The van der Waals surface area contributed by atoms with Crippen molar-refractivity contribution < 1.29 is 4.74 Å². The lowest BCUT2D eigenvalue weighted by Crippen LogP contribution is -2.06. The van der Waals surface area contributed by atoms with Gasteiger partial charge in [-0.15, -0.1) is 0 Å². The smallest absolute Gasteiger partial charge is 0.134 e. The molecule has 0 amide bonds. The Hall–Kier alpha value is -0.740. The summed E-state index contributed by atoms with van der Waals surface area (Å²) in [5.41, 5.74) is 2.55. The molecule has 0 spiro atoms. The Morgan fingerprint density at radius 2 is 2.12 bits per heavy atom. The van der Waals surface area contributed by atoms with Crippen molar-refractivity contribution in [3.05, 3.63) is 21.7 Å². The number of ether oxygens (including phenoxy) is 1. The van der Waals surface area contributed by atoms with Crippen molar-refractivity contribution in [2.45, 2.75) is 52.1 Å². The van der Waals surface area contributed by atoms with Crippen molar-refractivity contribution in [2.75, 3.05) is 6.61 Å². The summed E-state index contributed by atoms with van der Waals surface area (Å²) >= 11 is 5.38. The minimum atomic E-state index is 0.546. The molecule has 4 heteroatoms. The first-order valence-electron chi connectivity index (χ1n) is 6.50. The van der Waals surface area contributed by atoms with E-state index in [1.165, 1.54) is 30.5 Å². The first-order chi connectivity index (χ1) is 8.31. The standard InChI is InChI=1S/C13H20N2OS/c1-2-8-16-9-12-14-11-7-5-3-4-6-10(11)13(17)15-12/h2-9H2,1H3,(H,14,15,17). The van der Waals surface area contributed by atoms with Crippen molar-refractivity contribution in [3.8, 4) is 0 Å². The van der Waals surface area contributed by atoms with Gasteiger partial charge in [0.05, 0.1) is 0 Å². The number of aromatic amines is 1. The fraction of sp³-hybridized carbons (Fsp3) is 0.692. The van der Waals surface area contributed by atoms with E-state index in [9.17, 15) is 0 Å². The second-order valence-electron chi connectivity index (χ2n) is 4.56. The van der Waals surface area contributed by atoms with Crippen molar-refractivity contribution in [1.29, 1.82) is 0 Å². The molecule has 1 aliphatic rings. The Morgan fingerprint density at radius 3 is 2.94 bits per heavy atom. The highest BCUT2D eigenvalue weighted by Gasteiger charge is 2.11. The molecule has 1 heterocycles. The molecule has 0 bridgehead atoms. The molecule has 0 unspecified atom stereocenters. The molecule has 1 aromatic rings. The van der Waals surface area contributed by atoms with E-state index in [1.54, 1.807) is 0 Å². The molecule has 0 saturated carbocycles. The number of nitrogens with one attached hydrogen (secondary N) is 1. The van der Waals surface area contributed by atoms with Gasteiger partial charge >= 0.3 is 0 Å². The summed E-state index contributed by atoms with van der Waals surface area (Å²) in [6, 6.07) is 0. The lowest BCUT2D eigenvalue weighted by Gasteiger charge is -2.09. The third kappa shape index (κ3) is 3.36. The Balaban J connectivity index is 2.17. The van der Waals surface area contributed by atoms with Crippen LogP contribution in [0.4, 0.5) is 0 Å². The fourth-order valence-electron chi connectivity index (χ4n) is 2.23. The molecule has 3 nitrogen and oxygen atoms in total. The highest BCUT2D eigenvalue weighted by molar-refractivity contribution is 7.71. The average molecular weight is 252 g/mol. The van der Waals surface area contributed by atoms with Crippen LogP contribution in [-0.4, -0.2) is 16.6 Å². The zero-order chi connectivity index (χ0) is 12.1. The Bertz CT molecular complexity index is 428. The number of rotatable bonds is 4. The Kier molecular flexibility index (Phi) is 4.68. The zero-order valence-electron chi connectivity index (χ0n) is 10.4. The lowest BCUT2D eigenvalue weighted by atomic mass is 10.1. The number of aromatic nitrogens is 2. The van der Waals surface area contributed by atoms with Gasteiger partial charge in [-0.1, -0.05) is 25.6 Å². The van der Waals surface area contributed by atoms with Crippen LogP contribution >= 0.6 is 12.2 Å². The van der Waals surface area contributed by atoms with Crippen LogP contribution in [0.15, 0.2) is 0 Å². The van der Waals surface area contributed by atoms with Gasteiger partial charge in [0.2, 0.25) is 0 Å². The van der Waals surface area contributed by atoms with Gasteiger partial charge in [-0.2, -0.15) is 0 Å². The Morgan fingerprint density at radius 1 is 1.29 bits per heavy atom. The number of nitrogens with zero attached hydrogens (tertiary/aromatic N) is 1. The second-order valence-corrected chi connectivity index (χ2v) is 4.95. The molecule has 0 fully saturated rings. The summed E-state index contributed by atoms with van der Waals surface area (Å²) in [6.07, 6.45) is 6.98. The average Bonchev–Trinajstić information content (AvgIpc) is 2.55. The van der Waals surface area contributed by atoms with Crippen molar-refractivity contribution in [3.63, 3.8) is 0 Å². The fourth-order valence-corrected chi connectivity index (χ4v) is 2.57. The van der Waals surface area contributed by atoms with Crippen LogP contribution in [0.2, 0.25) is 0 Å². The highest BCUT2D eigenvalue weighted by Crippen LogP contribution is 2.19. The van der Waals surface area contributed by atoms with E-state index in [4.69, 9.17) is 17.0 Å². The van der Waals surface area contributed by atoms with E-state index in [2.05, 4.69) is 16.9 Å². The molecule has 1 N–H and O–H groups in total. The second kappa shape index (κ2) is 6.26. The van der Waals surface area contributed by atoms with Crippen LogP contribution < -0.4 is 0 Å². The lowest BCUT2D eigenvalue weighted by molar-refractivity contribution is 0.116. The molecule has 1 aromatic heterocycles. The summed E-state index contributed by atoms with van der Waals surface area (Å²) in [5, 5.41) is 0. The zero-order valence-corrected chi connectivity index (χ0v) is 11.2. The predicted octanol–water partition coefficient (Wildman–Crippen LogP) is 3.33. The minimum absolute atomic E-state index is 0.546. The van der Waals surface area contributed by atoms with Crippen molar-refractivity contribution >= 4 is 12.2 Å². The van der Waals surface area contributed by atoms with Crippen LogP contribution in [0.1, 0.15) is 49.7 Å². The van der Waals surface area contributed by atoms with E-state index in [1.807, 2.05) is 0 Å². The molecular formula is C13H20N2OS. The number of aryl methyl sites for hydroxylation is 1. The van der Waals surface area contributed by atoms with Crippen LogP contribution in [0.3, 0.4) is 0 Å². The maximum absolute atomic E-state index is 5.51. The van der Waals surface area contributed by atoms with Gasteiger partial charge in [0.25, 0.3) is 0 Å². The number of hydrogen-bond acceptors (Lipinski definition) is 3. The molecule has 0 radical (unpaired) electrons. The van der Waals surface area contributed by atoms with E-state index < -0.39 is 0 Å². The minimum Gasteiger partial charge on any atom is -0.374 e. The molecule has 2 rings (SSSR count). The van der Waals surface area contributed by atoms with Crippen molar-refractivity contribution in [2.24, 2.45) is 0 Å². The first kappa shape index (κ1) is 12.7. The SMILES string of the molecule is CCCOCc1nc(=S)c2c([nH]1)CCCCC2. The highest BCUT2D eigenvalue weighted by atomic mass is 32.1. The molecule has 17 heavy (non-hydrogen) atoms. The third-order valence-electron chi connectivity index (χ3n) is 3.09. The van der Waals surface area contributed by atoms with E-state index in [0.717, 1.165) is 36.3 Å². The van der Waals surface area contributed by atoms with Gasteiger partial charge in [0, 0.05) is 17.9 Å². The van der Waals surface area contributed by atoms with Crippen LogP contribution in [0, 0.1) is 4.64 Å². The van der Waals surface area contributed by atoms with Gasteiger partial charge < -0.3 is 9.72 Å². The maximum Gasteiger partial charge on any atom is 0.134 e. The quantitative estimate of drug-likeness (QED) is 0.507. The maximum atomic E-state index is 5.51. The summed E-state index contributed by atoms with van der Waals surface area (Å²) in [4.78, 5) is 7.84. The predicted molar refractivity (Wildman–Crippen MR) is 70.6 cm³/mol. The van der Waals surface area contributed by atoms with Crippen molar-refractivity contribution in [1.82, 2.24) is 9.97 Å². The molecule has 0 saturated heterocycles. The summed E-state index contributed by atoms with van der Waals surface area (Å²) in [5.74, 6) is 0.879. The van der Waals surface area contributed by atoms with Gasteiger partial charge in [0.15, 0.2) is 0 Å². The normalized spacial score (nSPS) is 15.4. The molecular weight excluding hydrogens is 232 g/mol. The first-order valence-corrected chi connectivity index (χ1v) is 6.90. The molecule has 0 aromatic carbocycles. The molecule has 0 atom stereocenters. The third-order valence-corrected chi connectivity index (χ3v) is 3.43. The van der Waals surface area contributed by atoms with Crippen LogP contribution in [-0.2, 0) is 24.2 Å². The van der Waals surface area contributed by atoms with E-state index in [-0.39, 0.29) is 0 Å². The van der Waals surface area contributed by atoms with Crippen LogP contribution in [0.5, 0.6) is 0 Å². The van der Waals surface area contributed by atoms with E-state index in [0.29, 0.717) is 6.61 Å². The van der Waals surface area contributed by atoms with Gasteiger partial charge in [-0.3, -0.25) is 0 Å². The van der Waals surface area contributed by atoms with Gasteiger partial charge in [0.1, 0.15) is 17.1 Å². The van der Waals surface area contributed by atoms with E-state index >= 15 is 0 Å². The number of fused-ring (bicyclic) bond motifs is 1. The molecule has 0 aliphatic heterocycles.